The van der Waals surface area contributed by atoms with Crippen LogP contribution in [-0.2, 0) is 27.0 Å². The lowest BCUT2D eigenvalue weighted by Gasteiger charge is -2.34. The maximum atomic E-state index is 13.1. The molecule has 0 bridgehead atoms. The Hall–Kier alpha value is -2.35. The normalized spacial score (nSPS) is 12.0. The van der Waals surface area contributed by atoms with E-state index in [4.69, 9.17) is 14.1 Å². The molecule has 0 heterocycles. The molecule has 38 heavy (non-hydrogen) atoms. The zero-order chi connectivity index (χ0) is 28.3. The first-order valence-corrected chi connectivity index (χ1v) is 19.4. The molecule has 0 spiro atoms. The topological polar surface area (TPSA) is 114 Å². The van der Waals surface area contributed by atoms with Gasteiger partial charge in [0, 0.05) is 13.7 Å². The molecular weight excluding hydrogens is 518 g/mol. The highest BCUT2D eigenvalue weighted by atomic mass is 28.4. The Morgan fingerprint density at radius 2 is 1.50 bits per heavy atom. The maximum absolute atomic E-state index is 13.1. The molecule has 0 aliphatic rings. The second kappa shape index (κ2) is 14.7. The summed E-state index contributed by atoms with van der Waals surface area (Å²) in [5, 5.41) is 21.5. The van der Waals surface area contributed by atoms with E-state index in [0.29, 0.717) is 18.7 Å². The van der Waals surface area contributed by atoms with Crippen LogP contribution in [0.15, 0.2) is 36.4 Å². The SMILES string of the molecule is CCCC[Si](C)(C)O[Si](C)(C)CCCNC(=O)c1cc(-c2ccc(COO)c(COC)c2)ccc1C(=O)O. The molecular formula is C28H43NO7Si2. The predicted octanol–water partition coefficient (Wildman–Crippen LogP) is 6.53. The number of amides is 1. The molecule has 0 atom stereocenters. The summed E-state index contributed by atoms with van der Waals surface area (Å²) in [5.74, 6) is -1.57. The summed E-state index contributed by atoms with van der Waals surface area (Å²) in [7, 11) is -1.98. The highest BCUT2D eigenvalue weighted by Gasteiger charge is 2.32. The predicted molar refractivity (Wildman–Crippen MR) is 154 cm³/mol. The van der Waals surface area contributed by atoms with Gasteiger partial charge in [0.15, 0.2) is 16.6 Å². The average Bonchev–Trinajstić information content (AvgIpc) is 2.85. The van der Waals surface area contributed by atoms with Crippen molar-refractivity contribution in [1.82, 2.24) is 5.32 Å². The lowest BCUT2D eigenvalue weighted by molar-refractivity contribution is -0.253. The van der Waals surface area contributed by atoms with Crippen LogP contribution in [0.2, 0.25) is 38.3 Å². The van der Waals surface area contributed by atoms with Crippen molar-refractivity contribution in [2.24, 2.45) is 0 Å². The molecule has 0 saturated heterocycles. The fourth-order valence-electron chi connectivity index (χ4n) is 4.67. The van der Waals surface area contributed by atoms with Crippen molar-refractivity contribution in [3.8, 4) is 11.1 Å². The molecule has 2 aromatic carbocycles. The molecule has 2 aromatic rings. The van der Waals surface area contributed by atoms with Crippen LogP contribution < -0.4 is 5.32 Å². The molecule has 0 saturated carbocycles. The minimum Gasteiger partial charge on any atom is -0.478 e. The number of unbranched alkanes of at least 4 members (excludes halogenated alkanes) is 1. The van der Waals surface area contributed by atoms with Crippen molar-refractivity contribution in [3.63, 3.8) is 0 Å². The summed E-state index contributed by atoms with van der Waals surface area (Å²) in [5.41, 5.74) is 3.16. The van der Waals surface area contributed by atoms with E-state index >= 15 is 0 Å². The van der Waals surface area contributed by atoms with Crippen molar-refractivity contribution in [2.45, 2.75) is 77.7 Å². The van der Waals surface area contributed by atoms with Crippen LogP contribution in [0, 0.1) is 0 Å². The van der Waals surface area contributed by atoms with E-state index in [1.165, 1.54) is 18.9 Å². The number of carbonyl (C=O) groups is 2. The van der Waals surface area contributed by atoms with Gasteiger partial charge in [0.2, 0.25) is 0 Å². The number of methoxy groups -OCH3 is 1. The number of carboxylic acid groups (broad SMARTS) is 1. The van der Waals surface area contributed by atoms with E-state index in [1.807, 2.05) is 18.2 Å². The maximum Gasteiger partial charge on any atom is 0.336 e. The van der Waals surface area contributed by atoms with Crippen molar-refractivity contribution in [1.29, 1.82) is 0 Å². The molecule has 3 N–H and O–H groups in total. The minimum atomic E-state index is -1.86. The third-order valence-electron chi connectivity index (χ3n) is 6.48. The van der Waals surface area contributed by atoms with Gasteiger partial charge in [-0.15, -0.1) is 0 Å². The first-order chi connectivity index (χ1) is 17.9. The second-order valence-electron chi connectivity index (χ2n) is 10.8. The van der Waals surface area contributed by atoms with E-state index in [-0.39, 0.29) is 17.7 Å². The number of hydrogen-bond acceptors (Lipinski definition) is 6. The zero-order valence-corrected chi connectivity index (χ0v) is 25.6. The fraction of sp³-hybridized carbons (Fsp3) is 0.500. The first-order valence-electron chi connectivity index (χ1n) is 13.2. The van der Waals surface area contributed by atoms with Crippen LogP contribution in [0.5, 0.6) is 0 Å². The van der Waals surface area contributed by atoms with Gasteiger partial charge in [0.1, 0.15) is 6.61 Å². The number of hydrogen-bond donors (Lipinski definition) is 3. The lowest BCUT2D eigenvalue weighted by atomic mass is 9.96. The third kappa shape index (κ3) is 9.75. The van der Waals surface area contributed by atoms with Crippen LogP contribution in [0.3, 0.4) is 0 Å². The summed E-state index contributed by atoms with van der Waals surface area (Å²) in [4.78, 5) is 29.2. The van der Waals surface area contributed by atoms with Crippen LogP contribution in [0.4, 0.5) is 0 Å². The van der Waals surface area contributed by atoms with Gasteiger partial charge in [-0.25, -0.2) is 9.68 Å². The molecule has 1 amide bonds. The summed E-state index contributed by atoms with van der Waals surface area (Å²) < 4.78 is 11.9. The standard InChI is InChI=1S/C28H43NO7Si2/c1-7-8-15-37(3,4)36-38(5,6)16-9-14-29-27(30)26-18-22(12-13-25(26)28(31)32)21-10-11-23(20-35-33)24(17-21)19-34-2/h10-13,17-18,33H,7-9,14-16,19-20H2,1-6H3,(H,29,30)(H,31,32). The lowest BCUT2D eigenvalue weighted by Crippen LogP contribution is -2.44. The Labute approximate surface area is 228 Å². The molecule has 0 aliphatic heterocycles. The number of ether oxygens (including phenoxy) is 1. The van der Waals surface area contributed by atoms with Gasteiger partial charge >= 0.3 is 5.97 Å². The number of carboxylic acids is 1. The summed E-state index contributed by atoms with van der Waals surface area (Å²) in [6.45, 7) is 12.0. The number of rotatable bonds is 16. The molecule has 10 heteroatoms. The molecule has 2 rings (SSSR count). The second-order valence-corrected chi connectivity index (χ2v) is 19.7. The minimum absolute atomic E-state index is 0.0215. The Bertz CT molecular complexity index is 1090. The Kier molecular flexibility index (Phi) is 12.3. The van der Waals surface area contributed by atoms with Crippen molar-refractivity contribution in [3.05, 3.63) is 58.7 Å². The van der Waals surface area contributed by atoms with Gasteiger partial charge in [0.25, 0.3) is 5.91 Å². The molecule has 0 aromatic heterocycles. The van der Waals surface area contributed by atoms with Gasteiger partial charge in [0.05, 0.1) is 17.7 Å². The van der Waals surface area contributed by atoms with E-state index in [1.54, 1.807) is 19.2 Å². The molecule has 0 fully saturated rings. The molecule has 8 nitrogen and oxygen atoms in total. The quantitative estimate of drug-likeness (QED) is 0.0923. The van der Waals surface area contributed by atoms with E-state index in [0.717, 1.165) is 35.2 Å². The molecule has 0 aliphatic carbocycles. The van der Waals surface area contributed by atoms with Crippen molar-refractivity contribution in [2.75, 3.05) is 13.7 Å². The summed E-state index contributed by atoms with van der Waals surface area (Å²) in [6.07, 6.45) is 3.14. The Balaban J connectivity index is 2.14. The first kappa shape index (κ1) is 31.9. The Morgan fingerprint density at radius 1 is 0.868 bits per heavy atom. The number of nitrogens with one attached hydrogen (secondary N) is 1. The van der Waals surface area contributed by atoms with Gasteiger partial charge in [-0.2, -0.15) is 0 Å². The monoisotopic (exact) mass is 561 g/mol. The van der Waals surface area contributed by atoms with E-state index < -0.39 is 28.5 Å². The third-order valence-corrected chi connectivity index (χ3v) is 14.0. The van der Waals surface area contributed by atoms with Crippen molar-refractivity contribution < 1.29 is 33.7 Å². The molecule has 0 unspecified atom stereocenters. The van der Waals surface area contributed by atoms with Gasteiger partial charge in [-0.05, 0) is 85.1 Å². The smallest absolute Gasteiger partial charge is 0.336 e. The Morgan fingerprint density at radius 3 is 2.11 bits per heavy atom. The zero-order valence-electron chi connectivity index (χ0n) is 23.6. The number of aromatic carboxylic acids is 1. The van der Waals surface area contributed by atoms with Crippen LogP contribution >= 0.6 is 0 Å². The van der Waals surface area contributed by atoms with E-state index in [9.17, 15) is 14.7 Å². The summed E-state index contributed by atoms with van der Waals surface area (Å²) in [6, 6.07) is 12.4. The van der Waals surface area contributed by atoms with Crippen molar-refractivity contribution >= 4 is 28.5 Å². The molecule has 210 valence electrons. The average molecular weight is 562 g/mol. The summed E-state index contributed by atoms with van der Waals surface area (Å²) >= 11 is 0. The van der Waals surface area contributed by atoms with Crippen LogP contribution in [0.1, 0.15) is 58.0 Å². The number of benzene rings is 2. The van der Waals surface area contributed by atoms with E-state index in [2.05, 4.69) is 43.3 Å². The largest absolute Gasteiger partial charge is 0.478 e. The molecule has 0 radical (unpaired) electrons. The van der Waals surface area contributed by atoms with Gasteiger partial charge < -0.3 is 19.3 Å². The highest BCUT2D eigenvalue weighted by molar-refractivity contribution is 6.84. The van der Waals surface area contributed by atoms with Crippen LogP contribution in [0.25, 0.3) is 11.1 Å². The highest BCUT2D eigenvalue weighted by Crippen LogP contribution is 2.27. The fourth-order valence-corrected chi connectivity index (χ4v) is 13.7. The van der Waals surface area contributed by atoms with Gasteiger partial charge in [-0.3, -0.25) is 10.1 Å². The van der Waals surface area contributed by atoms with Gasteiger partial charge in [-0.1, -0.05) is 38.0 Å². The van der Waals surface area contributed by atoms with Crippen LogP contribution in [-0.4, -0.2) is 52.5 Å². The number of carbonyl (C=O) groups excluding carboxylic acids is 1.